The van der Waals surface area contributed by atoms with Crippen molar-refractivity contribution in [3.63, 3.8) is 0 Å². The highest BCUT2D eigenvalue weighted by molar-refractivity contribution is 5.96. The van der Waals surface area contributed by atoms with Gasteiger partial charge in [0.25, 0.3) is 5.91 Å². The van der Waals surface area contributed by atoms with Crippen LogP contribution >= 0.6 is 0 Å². The second kappa shape index (κ2) is 4.77. The maximum atomic E-state index is 12.1. The van der Waals surface area contributed by atoms with E-state index < -0.39 is 0 Å². The maximum absolute atomic E-state index is 12.1. The number of nitrogen functional groups attached to an aromatic ring is 1. The van der Waals surface area contributed by atoms with E-state index in [2.05, 4.69) is 5.10 Å². The van der Waals surface area contributed by atoms with Gasteiger partial charge in [-0.05, 0) is 18.8 Å². The van der Waals surface area contributed by atoms with Gasteiger partial charge in [0.2, 0.25) is 0 Å². The summed E-state index contributed by atoms with van der Waals surface area (Å²) in [5.74, 6) is 0.573. The fourth-order valence-electron chi connectivity index (χ4n) is 2.52. The van der Waals surface area contributed by atoms with Crippen LogP contribution in [-0.2, 0) is 7.05 Å². The van der Waals surface area contributed by atoms with Crippen LogP contribution in [-0.4, -0.2) is 34.2 Å². The summed E-state index contributed by atoms with van der Waals surface area (Å²) in [6.07, 6.45) is 6.71. The summed E-state index contributed by atoms with van der Waals surface area (Å²) < 4.78 is 1.58. The summed E-state index contributed by atoms with van der Waals surface area (Å²) >= 11 is 0. The molecule has 0 aliphatic heterocycles. The number of aromatic nitrogens is 2. The van der Waals surface area contributed by atoms with Crippen LogP contribution in [0.4, 0.5) is 5.69 Å². The summed E-state index contributed by atoms with van der Waals surface area (Å²) in [5, 5.41) is 4.11. The Balaban J connectivity index is 2.01. The van der Waals surface area contributed by atoms with E-state index >= 15 is 0 Å². The maximum Gasteiger partial charge on any atom is 0.276 e. The van der Waals surface area contributed by atoms with Crippen LogP contribution in [0.15, 0.2) is 6.20 Å². The molecule has 1 aliphatic carbocycles. The van der Waals surface area contributed by atoms with E-state index in [0.717, 1.165) is 6.54 Å². The van der Waals surface area contributed by atoms with Gasteiger partial charge in [0.1, 0.15) is 0 Å². The van der Waals surface area contributed by atoms with E-state index in [4.69, 9.17) is 5.73 Å². The molecule has 0 bridgehead atoms. The number of carbonyl (C=O) groups is 1. The highest BCUT2D eigenvalue weighted by atomic mass is 16.2. The van der Waals surface area contributed by atoms with E-state index in [1.165, 1.54) is 25.7 Å². The smallest absolute Gasteiger partial charge is 0.276 e. The van der Waals surface area contributed by atoms with Crippen molar-refractivity contribution in [2.75, 3.05) is 19.3 Å². The molecule has 17 heavy (non-hydrogen) atoms. The molecule has 1 amide bonds. The standard InChI is InChI=1S/C12H20N4O/c1-15(7-9-5-3-4-6-9)12(17)11-10(13)8-16(2)14-11/h8-9H,3-7,13H2,1-2H3. The van der Waals surface area contributed by atoms with Gasteiger partial charge in [-0.1, -0.05) is 12.8 Å². The third-order valence-electron chi connectivity index (χ3n) is 3.41. The van der Waals surface area contributed by atoms with Gasteiger partial charge < -0.3 is 10.6 Å². The van der Waals surface area contributed by atoms with Gasteiger partial charge in [-0.25, -0.2) is 0 Å². The summed E-state index contributed by atoms with van der Waals surface area (Å²) in [6, 6.07) is 0. The van der Waals surface area contributed by atoms with Crippen molar-refractivity contribution in [3.8, 4) is 0 Å². The molecule has 0 aromatic carbocycles. The zero-order valence-electron chi connectivity index (χ0n) is 10.5. The minimum Gasteiger partial charge on any atom is -0.396 e. The molecular weight excluding hydrogens is 216 g/mol. The van der Waals surface area contributed by atoms with Crippen LogP contribution < -0.4 is 5.73 Å². The molecule has 0 atom stereocenters. The molecule has 5 heteroatoms. The molecule has 2 rings (SSSR count). The van der Waals surface area contributed by atoms with Gasteiger partial charge in [-0.15, -0.1) is 0 Å². The first-order chi connectivity index (χ1) is 8.08. The molecule has 1 aromatic heterocycles. The van der Waals surface area contributed by atoms with Crippen molar-refractivity contribution in [2.45, 2.75) is 25.7 Å². The third-order valence-corrected chi connectivity index (χ3v) is 3.41. The van der Waals surface area contributed by atoms with Crippen LogP contribution in [0.1, 0.15) is 36.2 Å². The highest BCUT2D eigenvalue weighted by Gasteiger charge is 2.22. The summed E-state index contributed by atoms with van der Waals surface area (Å²) in [5.41, 5.74) is 6.58. The van der Waals surface area contributed by atoms with Crippen molar-refractivity contribution in [1.29, 1.82) is 0 Å². The lowest BCUT2D eigenvalue weighted by molar-refractivity contribution is 0.0767. The highest BCUT2D eigenvalue weighted by Crippen LogP contribution is 2.25. The average Bonchev–Trinajstić information content (AvgIpc) is 2.87. The second-order valence-corrected chi connectivity index (χ2v) is 4.94. The molecule has 0 radical (unpaired) electrons. The molecule has 2 N–H and O–H groups in total. The minimum atomic E-state index is -0.0741. The van der Waals surface area contributed by atoms with Gasteiger partial charge >= 0.3 is 0 Å². The van der Waals surface area contributed by atoms with Crippen LogP contribution in [0.5, 0.6) is 0 Å². The Morgan fingerprint density at radius 1 is 1.59 bits per heavy atom. The van der Waals surface area contributed by atoms with E-state index in [1.54, 1.807) is 22.8 Å². The fraction of sp³-hybridized carbons (Fsp3) is 0.667. The van der Waals surface area contributed by atoms with Crippen LogP contribution in [0.2, 0.25) is 0 Å². The number of hydrogen-bond acceptors (Lipinski definition) is 3. The Hall–Kier alpha value is -1.52. The predicted octanol–water partition coefficient (Wildman–Crippen LogP) is 1.26. The quantitative estimate of drug-likeness (QED) is 0.859. The summed E-state index contributed by atoms with van der Waals surface area (Å²) in [4.78, 5) is 13.9. The van der Waals surface area contributed by atoms with Crippen LogP contribution in [0.3, 0.4) is 0 Å². The molecule has 1 saturated carbocycles. The largest absolute Gasteiger partial charge is 0.396 e. The number of nitrogens with two attached hydrogens (primary N) is 1. The molecule has 1 heterocycles. The topological polar surface area (TPSA) is 64.2 Å². The first-order valence-corrected chi connectivity index (χ1v) is 6.12. The monoisotopic (exact) mass is 236 g/mol. The van der Waals surface area contributed by atoms with Gasteiger partial charge in [-0.2, -0.15) is 5.10 Å². The van der Waals surface area contributed by atoms with Crippen LogP contribution in [0, 0.1) is 5.92 Å². The lowest BCUT2D eigenvalue weighted by Gasteiger charge is -2.20. The number of nitrogens with zero attached hydrogens (tertiary/aromatic N) is 3. The molecule has 0 saturated heterocycles. The first-order valence-electron chi connectivity index (χ1n) is 6.12. The minimum absolute atomic E-state index is 0.0741. The summed E-state index contributed by atoms with van der Waals surface area (Å²) in [7, 11) is 3.60. The number of amides is 1. The van der Waals surface area contributed by atoms with Crippen molar-refractivity contribution in [3.05, 3.63) is 11.9 Å². The van der Waals surface area contributed by atoms with E-state index in [9.17, 15) is 4.79 Å². The molecule has 1 fully saturated rings. The Morgan fingerprint density at radius 2 is 2.24 bits per heavy atom. The lowest BCUT2D eigenvalue weighted by atomic mass is 10.1. The second-order valence-electron chi connectivity index (χ2n) is 4.94. The van der Waals surface area contributed by atoms with Gasteiger partial charge in [-0.3, -0.25) is 9.48 Å². The Labute approximate surface area is 102 Å². The SMILES string of the molecule is CN(CC1CCCC1)C(=O)c1nn(C)cc1N. The normalized spacial score (nSPS) is 16.4. The number of aryl methyl sites for hydroxylation is 1. The van der Waals surface area contributed by atoms with Crippen molar-refractivity contribution in [1.82, 2.24) is 14.7 Å². The molecular formula is C12H20N4O. The third kappa shape index (κ3) is 2.60. The van der Waals surface area contributed by atoms with Crippen LogP contribution in [0.25, 0.3) is 0 Å². The Morgan fingerprint density at radius 3 is 2.76 bits per heavy atom. The Bertz CT molecular complexity index is 407. The van der Waals surface area contributed by atoms with Crippen molar-refractivity contribution in [2.24, 2.45) is 13.0 Å². The molecule has 0 spiro atoms. The van der Waals surface area contributed by atoms with Gasteiger partial charge in [0.15, 0.2) is 5.69 Å². The van der Waals surface area contributed by atoms with Gasteiger partial charge in [0, 0.05) is 26.8 Å². The van der Waals surface area contributed by atoms with Crippen molar-refractivity contribution < 1.29 is 4.79 Å². The zero-order valence-corrected chi connectivity index (χ0v) is 10.5. The fourth-order valence-corrected chi connectivity index (χ4v) is 2.52. The average molecular weight is 236 g/mol. The molecule has 5 nitrogen and oxygen atoms in total. The summed E-state index contributed by atoms with van der Waals surface area (Å²) in [6.45, 7) is 0.814. The number of anilines is 1. The predicted molar refractivity (Wildman–Crippen MR) is 66.5 cm³/mol. The first kappa shape index (κ1) is 12.0. The molecule has 0 unspecified atom stereocenters. The molecule has 1 aliphatic rings. The zero-order chi connectivity index (χ0) is 12.4. The van der Waals surface area contributed by atoms with E-state index in [0.29, 0.717) is 17.3 Å². The van der Waals surface area contributed by atoms with E-state index in [-0.39, 0.29) is 5.91 Å². The Kier molecular flexibility index (Phi) is 3.36. The van der Waals surface area contributed by atoms with E-state index in [1.807, 2.05) is 7.05 Å². The van der Waals surface area contributed by atoms with Crippen molar-refractivity contribution >= 4 is 11.6 Å². The number of rotatable bonds is 3. The number of carbonyl (C=O) groups excluding carboxylic acids is 1. The number of hydrogen-bond donors (Lipinski definition) is 1. The lowest BCUT2D eigenvalue weighted by Crippen LogP contribution is -2.31. The molecule has 94 valence electrons. The van der Waals surface area contributed by atoms with Gasteiger partial charge in [0.05, 0.1) is 5.69 Å². The molecule has 1 aromatic rings.